The van der Waals surface area contributed by atoms with E-state index in [1.54, 1.807) is 0 Å². The molecule has 0 N–H and O–H groups in total. The number of rotatable bonds is 6. The highest BCUT2D eigenvalue weighted by Crippen LogP contribution is 2.14. The lowest BCUT2D eigenvalue weighted by Gasteiger charge is -2.10. The van der Waals surface area contributed by atoms with Gasteiger partial charge in [-0.25, -0.2) is 0 Å². The molecule has 0 saturated heterocycles. The van der Waals surface area contributed by atoms with Crippen LogP contribution in [0.1, 0.15) is 46.5 Å². The fraction of sp³-hybridized carbons (Fsp3) is 0.818. The molecular weight excluding hydrogens is 162 g/mol. The minimum atomic E-state index is -0.362. The van der Waals surface area contributed by atoms with Gasteiger partial charge in [-0.05, 0) is 12.3 Å². The Labute approximate surface area is 80.9 Å². The van der Waals surface area contributed by atoms with Crippen molar-refractivity contribution in [1.82, 2.24) is 0 Å². The van der Waals surface area contributed by atoms with Gasteiger partial charge in [0, 0.05) is 6.42 Å². The molecule has 0 aromatic heterocycles. The fourth-order valence-corrected chi connectivity index (χ4v) is 1.22. The highest BCUT2D eigenvalue weighted by atomic mass is 16.1. The molecule has 0 saturated carbocycles. The molecule has 0 bridgehead atoms. The van der Waals surface area contributed by atoms with Gasteiger partial charge in [0.1, 0.15) is 11.7 Å². The smallest absolute Gasteiger partial charge is 0.150 e. The Morgan fingerprint density at radius 3 is 2.46 bits per heavy atom. The second-order valence-electron chi connectivity index (χ2n) is 3.65. The lowest BCUT2D eigenvalue weighted by atomic mass is 9.92. The first-order valence-electron chi connectivity index (χ1n) is 5.07. The second kappa shape index (κ2) is 6.65. The maximum absolute atomic E-state index is 11.5. The van der Waals surface area contributed by atoms with Crippen molar-refractivity contribution in [1.29, 1.82) is 5.26 Å². The van der Waals surface area contributed by atoms with Gasteiger partial charge in [0.2, 0.25) is 0 Å². The van der Waals surface area contributed by atoms with Gasteiger partial charge in [-0.15, -0.1) is 0 Å². The van der Waals surface area contributed by atoms with E-state index < -0.39 is 0 Å². The van der Waals surface area contributed by atoms with Crippen molar-refractivity contribution in [3.63, 3.8) is 0 Å². The maximum Gasteiger partial charge on any atom is 0.150 e. The van der Waals surface area contributed by atoms with Crippen molar-refractivity contribution in [3.05, 3.63) is 0 Å². The molecule has 0 aromatic carbocycles. The van der Waals surface area contributed by atoms with Gasteiger partial charge in [0.05, 0.1) is 6.07 Å². The summed E-state index contributed by atoms with van der Waals surface area (Å²) in [7, 11) is 0. The summed E-state index contributed by atoms with van der Waals surface area (Å²) in [6.45, 7) is 6.12. The van der Waals surface area contributed by atoms with Crippen molar-refractivity contribution >= 4 is 5.78 Å². The van der Waals surface area contributed by atoms with Crippen LogP contribution in [0.3, 0.4) is 0 Å². The first-order chi connectivity index (χ1) is 6.15. The second-order valence-corrected chi connectivity index (χ2v) is 3.65. The molecule has 13 heavy (non-hydrogen) atoms. The number of carbonyl (C=O) groups excluding carboxylic acids is 1. The standard InChI is InChI=1S/C11H19NO/c1-4-6-10(8-12)11(13)7-9(3)5-2/h9-10H,4-7H2,1-3H3. The molecule has 0 amide bonds. The topological polar surface area (TPSA) is 40.9 Å². The average molecular weight is 181 g/mol. The van der Waals surface area contributed by atoms with Gasteiger partial charge in [-0.1, -0.05) is 33.6 Å². The molecule has 0 spiro atoms. The van der Waals surface area contributed by atoms with Gasteiger partial charge in [-0.3, -0.25) is 4.79 Å². The SMILES string of the molecule is CCCC(C#N)C(=O)CC(C)CC. The van der Waals surface area contributed by atoms with Gasteiger partial charge in [0.25, 0.3) is 0 Å². The van der Waals surface area contributed by atoms with Crippen molar-refractivity contribution in [2.75, 3.05) is 0 Å². The summed E-state index contributed by atoms with van der Waals surface area (Å²) in [4.78, 5) is 11.5. The molecule has 0 aliphatic rings. The zero-order valence-corrected chi connectivity index (χ0v) is 8.84. The zero-order chi connectivity index (χ0) is 10.3. The number of ketones is 1. The molecule has 2 nitrogen and oxygen atoms in total. The van der Waals surface area contributed by atoms with Crippen LogP contribution in [-0.2, 0) is 4.79 Å². The Bertz CT molecular complexity index is 193. The summed E-state index contributed by atoms with van der Waals surface area (Å²) in [5.41, 5.74) is 0. The van der Waals surface area contributed by atoms with Crippen molar-refractivity contribution in [3.8, 4) is 6.07 Å². The Hall–Kier alpha value is -0.840. The van der Waals surface area contributed by atoms with Gasteiger partial charge in [-0.2, -0.15) is 5.26 Å². The molecular formula is C11H19NO. The van der Waals surface area contributed by atoms with Crippen LogP contribution in [0.5, 0.6) is 0 Å². The minimum Gasteiger partial charge on any atom is -0.298 e. The molecule has 74 valence electrons. The van der Waals surface area contributed by atoms with Crippen LogP contribution in [0.25, 0.3) is 0 Å². The Balaban J connectivity index is 4.00. The van der Waals surface area contributed by atoms with Gasteiger partial charge >= 0.3 is 0 Å². The van der Waals surface area contributed by atoms with Crippen LogP contribution >= 0.6 is 0 Å². The number of carbonyl (C=O) groups is 1. The molecule has 0 aromatic rings. The third-order valence-electron chi connectivity index (χ3n) is 2.37. The van der Waals surface area contributed by atoms with Crippen molar-refractivity contribution in [2.24, 2.45) is 11.8 Å². The highest BCUT2D eigenvalue weighted by Gasteiger charge is 2.18. The lowest BCUT2D eigenvalue weighted by Crippen LogP contribution is -2.15. The quantitative estimate of drug-likeness (QED) is 0.632. The predicted molar refractivity (Wildman–Crippen MR) is 53.1 cm³/mol. The number of nitriles is 1. The largest absolute Gasteiger partial charge is 0.298 e. The molecule has 0 fully saturated rings. The van der Waals surface area contributed by atoms with Crippen LogP contribution in [0.2, 0.25) is 0 Å². The first kappa shape index (κ1) is 12.2. The fourth-order valence-electron chi connectivity index (χ4n) is 1.22. The Kier molecular flexibility index (Phi) is 6.22. The van der Waals surface area contributed by atoms with Crippen LogP contribution in [-0.4, -0.2) is 5.78 Å². The van der Waals surface area contributed by atoms with E-state index >= 15 is 0 Å². The maximum atomic E-state index is 11.5. The molecule has 2 atom stereocenters. The van der Waals surface area contributed by atoms with Gasteiger partial charge in [0.15, 0.2) is 0 Å². The van der Waals surface area contributed by atoms with E-state index in [1.165, 1.54) is 0 Å². The molecule has 2 heteroatoms. The van der Waals surface area contributed by atoms with E-state index in [9.17, 15) is 4.79 Å². The van der Waals surface area contributed by atoms with Crippen LogP contribution in [0.15, 0.2) is 0 Å². The van der Waals surface area contributed by atoms with Gasteiger partial charge < -0.3 is 0 Å². The summed E-state index contributed by atoms with van der Waals surface area (Å²) in [5.74, 6) is 0.179. The predicted octanol–water partition coefficient (Wildman–Crippen LogP) is 2.93. The molecule has 0 aliphatic carbocycles. The van der Waals surface area contributed by atoms with E-state index in [0.29, 0.717) is 18.8 Å². The van der Waals surface area contributed by atoms with E-state index in [0.717, 1.165) is 12.8 Å². The summed E-state index contributed by atoms with van der Waals surface area (Å²) >= 11 is 0. The van der Waals surface area contributed by atoms with Crippen molar-refractivity contribution in [2.45, 2.75) is 46.5 Å². The lowest BCUT2D eigenvalue weighted by molar-refractivity contribution is -0.122. The Morgan fingerprint density at radius 1 is 1.46 bits per heavy atom. The normalized spacial score (nSPS) is 14.6. The third kappa shape index (κ3) is 4.67. The number of hydrogen-bond acceptors (Lipinski definition) is 2. The number of nitrogens with zero attached hydrogens (tertiary/aromatic N) is 1. The highest BCUT2D eigenvalue weighted by molar-refractivity contribution is 5.83. The van der Waals surface area contributed by atoms with E-state index in [2.05, 4.69) is 19.9 Å². The first-order valence-corrected chi connectivity index (χ1v) is 5.07. The monoisotopic (exact) mass is 181 g/mol. The molecule has 0 heterocycles. The summed E-state index contributed by atoms with van der Waals surface area (Å²) in [6.07, 6.45) is 3.20. The number of Topliss-reactive ketones (excluding diaryl/α,β-unsaturated/α-hetero) is 1. The Morgan fingerprint density at radius 2 is 2.08 bits per heavy atom. The van der Waals surface area contributed by atoms with Crippen molar-refractivity contribution < 1.29 is 4.79 Å². The summed E-state index contributed by atoms with van der Waals surface area (Å²) in [6, 6.07) is 2.08. The van der Waals surface area contributed by atoms with Crippen LogP contribution in [0.4, 0.5) is 0 Å². The van der Waals surface area contributed by atoms with E-state index in [-0.39, 0.29) is 11.7 Å². The minimum absolute atomic E-state index is 0.124. The number of hydrogen-bond donors (Lipinski definition) is 0. The van der Waals surface area contributed by atoms with Crippen LogP contribution in [0, 0.1) is 23.2 Å². The molecule has 2 unspecified atom stereocenters. The molecule has 0 aliphatic heterocycles. The van der Waals surface area contributed by atoms with E-state index in [4.69, 9.17) is 5.26 Å². The summed E-state index contributed by atoms with van der Waals surface area (Å²) in [5, 5.41) is 8.74. The molecule has 0 rings (SSSR count). The van der Waals surface area contributed by atoms with E-state index in [1.807, 2.05) is 6.92 Å². The van der Waals surface area contributed by atoms with Crippen LogP contribution < -0.4 is 0 Å². The zero-order valence-electron chi connectivity index (χ0n) is 8.84. The molecule has 0 radical (unpaired) electrons. The third-order valence-corrected chi connectivity index (χ3v) is 2.37. The average Bonchev–Trinajstić information content (AvgIpc) is 2.13. The summed E-state index contributed by atoms with van der Waals surface area (Å²) < 4.78 is 0.